The topological polar surface area (TPSA) is 92.8 Å². The van der Waals surface area contributed by atoms with E-state index in [1.54, 1.807) is 6.92 Å². The van der Waals surface area contributed by atoms with Crippen LogP contribution in [0, 0.1) is 12.8 Å². The van der Waals surface area contributed by atoms with Crippen molar-refractivity contribution in [1.82, 2.24) is 5.16 Å². The highest BCUT2D eigenvalue weighted by Crippen LogP contribution is 2.31. The number of carbonyl (C=O) groups is 1. The molecule has 6 nitrogen and oxygen atoms in total. The van der Waals surface area contributed by atoms with Crippen molar-refractivity contribution < 1.29 is 24.3 Å². The Balaban J connectivity index is 1.69. The standard InChI is InChI=1S/C18H21NO5/c1-11-16(10-20)17(24-19-11)12-5-7-14(8-6-12)23-15-4-2-3-13(9-15)18(21)22/h5-8,13,15,20H,2-4,9-10H2,1H3,(H,21,22). The van der Waals surface area contributed by atoms with Gasteiger partial charge in [0.05, 0.1) is 24.3 Å². The number of carboxylic acids is 1. The first kappa shape index (κ1) is 16.5. The second kappa shape index (κ2) is 7.05. The Morgan fingerprint density at radius 1 is 1.33 bits per heavy atom. The van der Waals surface area contributed by atoms with Crippen LogP contribution in [0.25, 0.3) is 11.3 Å². The minimum atomic E-state index is -0.740. The van der Waals surface area contributed by atoms with Gasteiger partial charge in [-0.05, 0) is 56.9 Å². The highest BCUT2D eigenvalue weighted by molar-refractivity contribution is 5.70. The van der Waals surface area contributed by atoms with Crippen molar-refractivity contribution >= 4 is 5.97 Å². The van der Waals surface area contributed by atoms with E-state index in [2.05, 4.69) is 5.16 Å². The molecule has 1 aliphatic rings. The van der Waals surface area contributed by atoms with Crippen molar-refractivity contribution in [3.8, 4) is 17.1 Å². The molecule has 0 saturated heterocycles. The number of carboxylic acid groups (broad SMARTS) is 1. The zero-order valence-corrected chi connectivity index (χ0v) is 13.6. The van der Waals surface area contributed by atoms with Crippen molar-refractivity contribution in [3.05, 3.63) is 35.5 Å². The number of aryl methyl sites for hydroxylation is 1. The Morgan fingerprint density at radius 2 is 2.08 bits per heavy atom. The molecule has 0 amide bonds. The monoisotopic (exact) mass is 331 g/mol. The fourth-order valence-electron chi connectivity index (χ4n) is 3.16. The first-order valence-electron chi connectivity index (χ1n) is 8.14. The van der Waals surface area contributed by atoms with Gasteiger partial charge in [0.25, 0.3) is 0 Å². The summed E-state index contributed by atoms with van der Waals surface area (Å²) in [6.07, 6.45) is 2.96. The molecule has 0 spiro atoms. The van der Waals surface area contributed by atoms with Gasteiger partial charge in [0.15, 0.2) is 5.76 Å². The van der Waals surface area contributed by atoms with E-state index in [4.69, 9.17) is 14.4 Å². The number of benzene rings is 1. The minimum Gasteiger partial charge on any atom is -0.490 e. The van der Waals surface area contributed by atoms with Gasteiger partial charge in [0.1, 0.15) is 5.75 Å². The molecule has 1 aliphatic carbocycles. The number of aliphatic carboxylic acids is 1. The summed E-state index contributed by atoms with van der Waals surface area (Å²) in [5.41, 5.74) is 2.18. The Morgan fingerprint density at radius 3 is 2.75 bits per heavy atom. The summed E-state index contributed by atoms with van der Waals surface area (Å²) < 4.78 is 11.2. The summed E-state index contributed by atoms with van der Waals surface area (Å²) in [5.74, 6) is 0.213. The van der Waals surface area contributed by atoms with E-state index in [1.165, 1.54) is 0 Å². The lowest BCUT2D eigenvalue weighted by atomic mass is 9.87. The smallest absolute Gasteiger partial charge is 0.306 e. The van der Waals surface area contributed by atoms with Crippen LogP contribution in [-0.4, -0.2) is 27.4 Å². The van der Waals surface area contributed by atoms with Crippen LogP contribution in [0.2, 0.25) is 0 Å². The van der Waals surface area contributed by atoms with Gasteiger partial charge in [0.2, 0.25) is 0 Å². The number of hydrogen-bond donors (Lipinski definition) is 2. The van der Waals surface area contributed by atoms with Crippen LogP contribution in [-0.2, 0) is 11.4 Å². The Labute approximate surface area is 140 Å². The van der Waals surface area contributed by atoms with E-state index in [-0.39, 0.29) is 18.6 Å². The fourth-order valence-corrected chi connectivity index (χ4v) is 3.16. The molecule has 3 rings (SSSR count). The predicted octanol–water partition coefficient (Wildman–Crippen LogP) is 3.16. The molecule has 24 heavy (non-hydrogen) atoms. The van der Waals surface area contributed by atoms with E-state index in [9.17, 15) is 9.90 Å². The summed E-state index contributed by atoms with van der Waals surface area (Å²) >= 11 is 0. The van der Waals surface area contributed by atoms with Crippen LogP contribution in [0.5, 0.6) is 5.75 Å². The SMILES string of the molecule is Cc1noc(-c2ccc(OC3CCCC(C(=O)O)C3)cc2)c1CO. The molecule has 1 fully saturated rings. The lowest BCUT2D eigenvalue weighted by Gasteiger charge is -2.27. The first-order valence-corrected chi connectivity index (χ1v) is 8.14. The molecule has 2 atom stereocenters. The van der Waals surface area contributed by atoms with Gasteiger partial charge in [-0.1, -0.05) is 5.16 Å². The molecule has 2 N–H and O–H groups in total. The van der Waals surface area contributed by atoms with E-state index in [0.29, 0.717) is 29.2 Å². The van der Waals surface area contributed by atoms with Gasteiger partial charge in [-0.3, -0.25) is 4.79 Å². The lowest BCUT2D eigenvalue weighted by Crippen LogP contribution is -2.29. The van der Waals surface area contributed by atoms with Crippen LogP contribution >= 0.6 is 0 Å². The average molecular weight is 331 g/mol. The van der Waals surface area contributed by atoms with Crippen LogP contribution in [0.1, 0.15) is 36.9 Å². The second-order valence-electron chi connectivity index (χ2n) is 6.20. The third-order valence-electron chi connectivity index (χ3n) is 4.54. The Kier molecular flexibility index (Phi) is 4.85. The van der Waals surface area contributed by atoms with E-state index in [1.807, 2.05) is 24.3 Å². The van der Waals surface area contributed by atoms with Crippen molar-refractivity contribution in [2.45, 2.75) is 45.3 Å². The largest absolute Gasteiger partial charge is 0.490 e. The summed E-state index contributed by atoms with van der Waals surface area (Å²) in [6, 6.07) is 7.37. The third kappa shape index (κ3) is 3.43. The highest BCUT2D eigenvalue weighted by atomic mass is 16.5. The maximum absolute atomic E-state index is 11.1. The van der Waals surface area contributed by atoms with Gasteiger partial charge in [-0.15, -0.1) is 0 Å². The molecule has 0 bridgehead atoms. The normalized spacial score (nSPS) is 20.8. The third-order valence-corrected chi connectivity index (χ3v) is 4.54. The summed E-state index contributed by atoms with van der Waals surface area (Å²) in [4.78, 5) is 11.1. The number of nitrogens with zero attached hydrogens (tertiary/aromatic N) is 1. The van der Waals surface area contributed by atoms with Crippen molar-refractivity contribution in [1.29, 1.82) is 0 Å². The van der Waals surface area contributed by atoms with Crippen molar-refractivity contribution in [3.63, 3.8) is 0 Å². The molecular formula is C18H21NO5. The molecule has 1 heterocycles. The zero-order chi connectivity index (χ0) is 17.1. The highest BCUT2D eigenvalue weighted by Gasteiger charge is 2.28. The summed E-state index contributed by atoms with van der Waals surface area (Å²) in [7, 11) is 0. The fraction of sp³-hybridized carbons (Fsp3) is 0.444. The summed E-state index contributed by atoms with van der Waals surface area (Å²) in [6.45, 7) is 1.67. The van der Waals surface area contributed by atoms with Crippen molar-refractivity contribution in [2.24, 2.45) is 5.92 Å². The van der Waals surface area contributed by atoms with Gasteiger partial charge in [-0.25, -0.2) is 0 Å². The van der Waals surface area contributed by atoms with E-state index < -0.39 is 5.97 Å². The molecule has 0 aliphatic heterocycles. The van der Waals surface area contributed by atoms with Crippen molar-refractivity contribution in [2.75, 3.05) is 0 Å². The molecule has 1 aromatic carbocycles. The Hall–Kier alpha value is -2.34. The number of aliphatic hydroxyl groups is 1. The molecule has 6 heteroatoms. The van der Waals surface area contributed by atoms with Gasteiger partial charge in [-0.2, -0.15) is 0 Å². The van der Waals surface area contributed by atoms with Gasteiger partial charge >= 0.3 is 5.97 Å². The van der Waals surface area contributed by atoms with Crippen LogP contribution in [0.15, 0.2) is 28.8 Å². The number of ether oxygens (including phenoxy) is 1. The molecule has 2 aromatic rings. The van der Waals surface area contributed by atoms with Crippen LogP contribution < -0.4 is 4.74 Å². The molecule has 2 unspecified atom stereocenters. The number of rotatable bonds is 5. The maximum atomic E-state index is 11.1. The van der Waals surface area contributed by atoms with Gasteiger partial charge < -0.3 is 19.5 Å². The molecule has 1 saturated carbocycles. The van der Waals surface area contributed by atoms with Crippen LogP contribution in [0.4, 0.5) is 0 Å². The average Bonchev–Trinajstić information content (AvgIpc) is 2.96. The molecule has 1 aromatic heterocycles. The molecule has 128 valence electrons. The Bertz CT molecular complexity index is 707. The summed E-state index contributed by atoms with van der Waals surface area (Å²) in [5, 5.41) is 22.4. The minimum absolute atomic E-state index is 0.0637. The zero-order valence-electron chi connectivity index (χ0n) is 13.6. The predicted molar refractivity (Wildman–Crippen MR) is 86.6 cm³/mol. The second-order valence-corrected chi connectivity index (χ2v) is 6.20. The van der Waals surface area contributed by atoms with Crippen LogP contribution in [0.3, 0.4) is 0 Å². The van der Waals surface area contributed by atoms with E-state index in [0.717, 1.165) is 24.8 Å². The number of aromatic nitrogens is 1. The molecule has 0 radical (unpaired) electrons. The quantitative estimate of drug-likeness (QED) is 0.874. The molecular weight excluding hydrogens is 310 g/mol. The van der Waals surface area contributed by atoms with Gasteiger partial charge in [0, 0.05) is 11.1 Å². The lowest BCUT2D eigenvalue weighted by molar-refractivity contribution is -0.143. The first-order chi connectivity index (χ1) is 11.6. The maximum Gasteiger partial charge on any atom is 0.306 e. The van der Waals surface area contributed by atoms with E-state index >= 15 is 0 Å². The number of hydrogen-bond acceptors (Lipinski definition) is 5. The number of aliphatic hydroxyl groups excluding tert-OH is 1.